The van der Waals surface area contributed by atoms with Crippen LogP contribution >= 0.6 is 0 Å². The first-order chi connectivity index (χ1) is 12.7. The molecule has 1 saturated heterocycles. The second-order valence-corrected chi connectivity index (χ2v) is 7.67. The van der Waals surface area contributed by atoms with E-state index >= 15 is 0 Å². The topological polar surface area (TPSA) is 43.7 Å². The zero-order valence-electron chi connectivity index (χ0n) is 15.1. The second kappa shape index (κ2) is 7.26. The van der Waals surface area contributed by atoms with Gasteiger partial charge in [0.1, 0.15) is 5.75 Å². The van der Waals surface area contributed by atoms with Crippen LogP contribution in [0, 0.1) is 0 Å². The van der Waals surface area contributed by atoms with Gasteiger partial charge >= 0.3 is 0 Å². The lowest BCUT2D eigenvalue weighted by molar-refractivity contribution is -0.0726. The van der Waals surface area contributed by atoms with Gasteiger partial charge in [0, 0.05) is 18.0 Å². The SMILES string of the molecule is Oc1cccc([C@@]23CCC[C@@H]([C@H]2O)N(C/C=C/c2ccccc2)CC3)c1. The molecule has 1 aliphatic heterocycles. The van der Waals surface area contributed by atoms with Crippen molar-refractivity contribution in [2.75, 3.05) is 13.1 Å². The number of hydrogen-bond donors (Lipinski definition) is 2. The van der Waals surface area contributed by atoms with E-state index in [1.807, 2.05) is 18.2 Å². The van der Waals surface area contributed by atoms with Crippen LogP contribution in [0.1, 0.15) is 36.8 Å². The Bertz CT molecular complexity index is 773. The fourth-order valence-corrected chi connectivity index (χ4v) is 4.85. The molecule has 3 atom stereocenters. The standard InChI is InChI=1S/C23H27NO2/c25-20-11-4-10-19(17-20)23-13-5-12-21(22(23)26)24(16-14-23)15-6-9-18-7-2-1-3-8-18/h1-4,6-11,17,21-22,25-26H,5,12-16H2/b9-6+/t21-,22+,23-/m0/s1. The molecule has 26 heavy (non-hydrogen) atoms. The third-order valence-electron chi connectivity index (χ3n) is 6.24. The summed E-state index contributed by atoms with van der Waals surface area (Å²) in [4.78, 5) is 2.42. The Morgan fingerprint density at radius 2 is 1.92 bits per heavy atom. The summed E-state index contributed by atoms with van der Waals surface area (Å²) in [6.07, 6.45) is 8.09. The van der Waals surface area contributed by atoms with Crippen LogP contribution in [0.2, 0.25) is 0 Å². The van der Waals surface area contributed by atoms with Crippen LogP contribution in [0.3, 0.4) is 0 Å². The molecule has 2 aromatic carbocycles. The molecule has 3 heteroatoms. The van der Waals surface area contributed by atoms with E-state index in [0.29, 0.717) is 5.75 Å². The van der Waals surface area contributed by atoms with Gasteiger partial charge in [0.05, 0.1) is 6.10 Å². The van der Waals surface area contributed by atoms with E-state index in [9.17, 15) is 10.2 Å². The lowest BCUT2D eigenvalue weighted by Gasteiger charge is -2.54. The smallest absolute Gasteiger partial charge is 0.115 e. The van der Waals surface area contributed by atoms with E-state index in [0.717, 1.165) is 44.3 Å². The number of nitrogens with zero attached hydrogens (tertiary/aromatic N) is 1. The first-order valence-corrected chi connectivity index (χ1v) is 9.62. The molecule has 0 aromatic heterocycles. The summed E-state index contributed by atoms with van der Waals surface area (Å²) < 4.78 is 0. The average molecular weight is 349 g/mol. The Balaban J connectivity index is 1.50. The predicted octanol–water partition coefficient (Wildman–Crippen LogP) is 3.96. The number of aromatic hydroxyl groups is 1. The number of piperidine rings is 1. The minimum absolute atomic E-state index is 0.195. The van der Waals surface area contributed by atoms with Crippen molar-refractivity contribution in [2.24, 2.45) is 0 Å². The highest BCUT2D eigenvalue weighted by atomic mass is 16.3. The highest BCUT2D eigenvalue weighted by Crippen LogP contribution is 2.47. The van der Waals surface area contributed by atoms with Crippen molar-refractivity contribution in [3.05, 3.63) is 71.8 Å². The number of phenols is 1. The Morgan fingerprint density at radius 3 is 2.73 bits per heavy atom. The number of benzene rings is 2. The van der Waals surface area contributed by atoms with E-state index < -0.39 is 0 Å². The number of phenolic OH excluding ortho intramolecular Hbond substituents is 1. The molecule has 2 aliphatic rings. The van der Waals surface area contributed by atoms with E-state index in [-0.39, 0.29) is 17.6 Å². The van der Waals surface area contributed by atoms with Crippen molar-refractivity contribution in [1.29, 1.82) is 0 Å². The van der Waals surface area contributed by atoms with Gasteiger partial charge in [0.2, 0.25) is 0 Å². The maximum atomic E-state index is 11.2. The molecule has 0 amide bonds. The molecule has 2 aromatic rings. The summed E-state index contributed by atoms with van der Waals surface area (Å²) in [6, 6.07) is 18.0. The normalized spacial score (nSPS) is 29.1. The molecule has 0 radical (unpaired) electrons. The summed E-state index contributed by atoms with van der Waals surface area (Å²) in [5, 5.41) is 21.1. The first kappa shape index (κ1) is 17.3. The van der Waals surface area contributed by atoms with Crippen molar-refractivity contribution in [3.63, 3.8) is 0 Å². The van der Waals surface area contributed by atoms with Gasteiger partial charge in [-0.25, -0.2) is 0 Å². The van der Waals surface area contributed by atoms with Gasteiger partial charge in [-0.1, -0.05) is 61.0 Å². The van der Waals surface area contributed by atoms with Gasteiger partial charge in [-0.3, -0.25) is 4.90 Å². The number of aliphatic hydroxyl groups is 1. The Morgan fingerprint density at radius 1 is 1.08 bits per heavy atom. The Hall–Kier alpha value is -2.10. The number of likely N-dealkylation sites (tertiary alicyclic amines) is 1. The maximum absolute atomic E-state index is 11.2. The molecule has 2 bridgehead atoms. The number of rotatable bonds is 4. The molecule has 2 N–H and O–H groups in total. The molecule has 0 spiro atoms. The van der Waals surface area contributed by atoms with Gasteiger partial charge < -0.3 is 10.2 Å². The number of aliphatic hydroxyl groups excluding tert-OH is 1. The summed E-state index contributed by atoms with van der Waals surface area (Å²) in [5.41, 5.74) is 2.10. The van der Waals surface area contributed by atoms with Gasteiger partial charge in [-0.05, 0) is 49.1 Å². The van der Waals surface area contributed by atoms with Crippen molar-refractivity contribution in [1.82, 2.24) is 4.90 Å². The summed E-state index contributed by atoms with van der Waals surface area (Å²) in [5.74, 6) is 0.291. The third-order valence-corrected chi connectivity index (χ3v) is 6.24. The van der Waals surface area contributed by atoms with Crippen LogP contribution in [-0.2, 0) is 5.41 Å². The lowest BCUT2D eigenvalue weighted by atomic mass is 9.61. The minimum Gasteiger partial charge on any atom is -0.508 e. The molecular formula is C23H27NO2. The molecule has 1 aliphatic carbocycles. The fourth-order valence-electron chi connectivity index (χ4n) is 4.85. The van der Waals surface area contributed by atoms with E-state index in [1.54, 1.807) is 6.07 Å². The summed E-state index contributed by atoms with van der Waals surface area (Å²) in [7, 11) is 0. The lowest BCUT2D eigenvalue weighted by Crippen LogP contribution is -2.61. The van der Waals surface area contributed by atoms with E-state index in [1.165, 1.54) is 5.56 Å². The Labute approximate surface area is 155 Å². The zero-order chi connectivity index (χ0) is 18.0. The summed E-state index contributed by atoms with van der Waals surface area (Å²) in [6.45, 7) is 1.85. The molecule has 3 nitrogen and oxygen atoms in total. The first-order valence-electron chi connectivity index (χ1n) is 9.62. The number of hydrogen-bond acceptors (Lipinski definition) is 3. The molecule has 2 fully saturated rings. The van der Waals surface area contributed by atoms with Gasteiger partial charge in [0.25, 0.3) is 0 Å². The largest absolute Gasteiger partial charge is 0.508 e. The van der Waals surface area contributed by atoms with Crippen molar-refractivity contribution in [3.8, 4) is 5.75 Å². The predicted molar refractivity (Wildman–Crippen MR) is 105 cm³/mol. The van der Waals surface area contributed by atoms with E-state index in [2.05, 4.69) is 47.4 Å². The van der Waals surface area contributed by atoms with Crippen LogP contribution in [0.5, 0.6) is 5.75 Å². The minimum atomic E-state index is -0.378. The van der Waals surface area contributed by atoms with Gasteiger partial charge in [0.15, 0.2) is 0 Å². The van der Waals surface area contributed by atoms with Gasteiger partial charge in [-0.15, -0.1) is 0 Å². The zero-order valence-corrected chi connectivity index (χ0v) is 15.1. The molecule has 1 saturated carbocycles. The van der Waals surface area contributed by atoms with Crippen molar-refractivity contribution in [2.45, 2.75) is 43.2 Å². The Kier molecular flexibility index (Phi) is 4.84. The molecule has 136 valence electrons. The van der Waals surface area contributed by atoms with E-state index in [4.69, 9.17) is 0 Å². The monoisotopic (exact) mass is 349 g/mol. The highest BCUT2D eigenvalue weighted by Gasteiger charge is 2.50. The average Bonchev–Trinajstić information content (AvgIpc) is 2.65. The second-order valence-electron chi connectivity index (χ2n) is 7.67. The van der Waals surface area contributed by atoms with Gasteiger partial charge in [-0.2, -0.15) is 0 Å². The number of fused-ring (bicyclic) bond motifs is 2. The maximum Gasteiger partial charge on any atom is 0.115 e. The highest BCUT2D eigenvalue weighted by molar-refractivity contribution is 5.48. The molecule has 0 unspecified atom stereocenters. The molecular weight excluding hydrogens is 322 g/mol. The van der Waals surface area contributed by atoms with Crippen molar-refractivity contribution < 1.29 is 10.2 Å². The molecule has 4 rings (SSSR count). The fraction of sp³-hybridized carbons (Fsp3) is 0.391. The quantitative estimate of drug-likeness (QED) is 0.878. The third kappa shape index (κ3) is 3.17. The molecule has 1 heterocycles. The van der Waals surface area contributed by atoms with Crippen LogP contribution < -0.4 is 0 Å². The van der Waals surface area contributed by atoms with Crippen LogP contribution in [0.15, 0.2) is 60.7 Å². The van der Waals surface area contributed by atoms with Crippen LogP contribution in [0.25, 0.3) is 6.08 Å². The van der Waals surface area contributed by atoms with Crippen LogP contribution in [-0.4, -0.2) is 40.3 Å². The van der Waals surface area contributed by atoms with Crippen molar-refractivity contribution >= 4 is 6.08 Å². The summed E-state index contributed by atoms with van der Waals surface area (Å²) >= 11 is 0. The van der Waals surface area contributed by atoms with Crippen LogP contribution in [0.4, 0.5) is 0 Å².